The third-order valence-electron chi connectivity index (χ3n) is 6.78. The molecule has 37 heavy (non-hydrogen) atoms. The van der Waals surface area contributed by atoms with Gasteiger partial charge < -0.3 is 19.6 Å². The molecule has 12 nitrogen and oxygen atoms in total. The molecule has 3 N–H and O–H groups in total. The maximum atomic E-state index is 14.1. The Labute approximate surface area is 215 Å². The van der Waals surface area contributed by atoms with Gasteiger partial charge in [0, 0.05) is 38.8 Å². The molecule has 1 fully saturated rings. The van der Waals surface area contributed by atoms with E-state index in [0.29, 0.717) is 5.75 Å². The zero-order valence-electron chi connectivity index (χ0n) is 21.0. The molecule has 0 aliphatic carbocycles. The van der Waals surface area contributed by atoms with Crippen LogP contribution in [0.5, 0.6) is 5.75 Å². The van der Waals surface area contributed by atoms with E-state index >= 15 is 0 Å². The summed E-state index contributed by atoms with van der Waals surface area (Å²) < 4.78 is 33.4. The molecule has 1 aromatic carbocycles. The normalized spacial score (nSPS) is 20.5. The maximum Gasteiger partial charge on any atom is 0.407 e. The third-order valence-corrected chi connectivity index (χ3v) is 9.10. The number of hydroxylamine groups is 1. The summed E-state index contributed by atoms with van der Waals surface area (Å²) >= 11 is 0. The second-order valence-corrected chi connectivity index (χ2v) is 11.4. The second-order valence-electron chi connectivity index (χ2n) is 9.21. The summed E-state index contributed by atoms with van der Waals surface area (Å²) in [6, 6.07) is 5.75. The molecule has 3 rings (SSSR count). The highest BCUT2D eigenvalue weighted by atomic mass is 32.2. The van der Waals surface area contributed by atoms with Crippen molar-refractivity contribution in [3.63, 3.8) is 0 Å². The zero-order valence-corrected chi connectivity index (χ0v) is 21.8. The Kier molecular flexibility index (Phi) is 8.59. The molecule has 2 aliphatic heterocycles. The molecule has 1 aromatic rings. The number of hydrogen-bond donors (Lipinski definition) is 3. The van der Waals surface area contributed by atoms with Crippen LogP contribution in [0.2, 0.25) is 0 Å². The minimum absolute atomic E-state index is 0.0623. The summed E-state index contributed by atoms with van der Waals surface area (Å²) in [4.78, 5) is 41.9. The van der Waals surface area contributed by atoms with Gasteiger partial charge in [0.2, 0.25) is 15.7 Å². The number of amides is 3. The van der Waals surface area contributed by atoms with Crippen molar-refractivity contribution in [3.8, 4) is 5.75 Å². The number of methoxy groups -OCH3 is 1. The average molecular weight is 537 g/mol. The van der Waals surface area contributed by atoms with Crippen LogP contribution >= 0.6 is 0 Å². The predicted octanol–water partition coefficient (Wildman–Crippen LogP) is 1.56. The van der Waals surface area contributed by atoms with E-state index in [0.717, 1.165) is 0 Å². The Balaban J connectivity index is 1.98. The first-order valence-corrected chi connectivity index (χ1v) is 13.3. The Bertz CT molecular complexity index is 1190. The fourth-order valence-corrected chi connectivity index (χ4v) is 6.72. The van der Waals surface area contributed by atoms with Crippen molar-refractivity contribution in [2.75, 3.05) is 33.3 Å². The number of rotatable bonds is 9. The quantitative estimate of drug-likeness (QED) is 0.316. The predicted molar refractivity (Wildman–Crippen MR) is 133 cm³/mol. The van der Waals surface area contributed by atoms with E-state index in [-0.39, 0.29) is 55.4 Å². The first-order valence-electron chi connectivity index (χ1n) is 11.8. The highest BCUT2D eigenvalue weighted by Crippen LogP contribution is 2.45. The van der Waals surface area contributed by atoms with Crippen LogP contribution in [-0.4, -0.2) is 90.8 Å². The van der Waals surface area contributed by atoms with Crippen LogP contribution in [-0.2, 0) is 19.4 Å². The van der Waals surface area contributed by atoms with E-state index < -0.39 is 38.5 Å². The topological polar surface area (TPSA) is 166 Å². The monoisotopic (exact) mass is 536 g/mol. The summed E-state index contributed by atoms with van der Waals surface area (Å²) in [5.41, 5.74) is 1.78. The Hall–Kier alpha value is -3.45. The van der Waals surface area contributed by atoms with Crippen LogP contribution in [0.3, 0.4) is 0 Å². The molecule has 202 valence electrons. The largest absolute Gasteiger partial charge is 0.497 e. The van der Waals surface area contributed by atoms with Crippen LogP contribution < -0.4 is 10.2 Å². The van der Waals surface area contributed by atoms with Crippen LogP contribution in [0.4, 0.5) is 4.79 Å². The van der Waals surface area contributed by atoms with Gasteiger partial charge in [-0.2, -0.15) is 0 Å². The van der Waals surface area contributed by atoms with Crippen molar-refractivity contribution in [2.45, 2.75) is 36.5 Å². The molecule has 2 aliphatic rings. The number of ether oxygens (including phenoxy) is 1. The summed E-state index contributed by atoms with van der Waals surface area (Å²) in [7, 11) is -2.83. The van der Waals surface area contributed by atoms with E-state index in [1.54, 1.807) is 19.3 Å². The van der Waals surface area contributed by atoms with Gasteiger partial charge in [0.05, 0.1) is 17.9 Å². The number of carbonyl (C=O) groups is 3. The third kappa shape index (κ3) is 5.47. The lowest BCUT2D eigenvalue weighted by molar-refractivity contribution is -0.133. The standard InChI is InChI=1S/C24H32N4O8S/c1-16(2)21(22(30)26-33)19-9-11-25-24(19,37(34,35)18-6-4-17(36-3)5-7-18)10-8-20(29)27-12-14-28(15-13-27)23(31)32/h4-7,9,11,16,21,33H,8,10,12-15H2,1-3H3,(H,26,30)(H,31,32). The first-order chi connectivity index (χ1) is 17.5. The lowest BCUT2D eigenvalue weighted by atomic mass is 9.82. The minimum atomic E-state index is -4.28. The maximum absolute atomic E-state index is 14.1. The number of piperazine rings is 1. The Morgan fingerprint density at radius 2 is 1.70 bits per heavy atom. The van der Waals surface area contributed by atoms with Gasteiger partial charge in [0.15, 0.2) is 4.87 Å². The van der Waals surface area contributed by atoms with Crippen LogP contribution in [0.15, 0.2) is 45.8 Å². The summed E-state index contributed by atoms with van der Waals surface area (Å²) in [5.74, 6) is -2.10. The van der Waals surface area contributed by atoms with E-state index in [1.807, 2.05) is 0 Å². The lowest BCUT2D eigenvalue weighted by Crippen LogP contribution is -2.51. The fourth-order valence-electron chi connectivity index (χ4n) is 4.76. The molecule has 0 saturated carbocycles. The van der Waals surface area contributed by atoms with Crippen LogP contribution in [0.1, 0.15) is 26.7 Å². The number of benzene rings is 1. The van der Waals surface area contributed by atoms with Gasteiger partial charge in [0.25, 0.3) is 5.91 Å². The number of carboxylic acid groups (broad SMARTS) is 1. The van der Waals surface area contributed by atoms with Gasteiger partial charge in [-0.3, -0.25) is 19.8 Å². The molecule has 0 spiro atoms. The van der Waals surface area contributed by atoms with E-state index in [2.05, 4.69) is 4.99 Å². The van der Waals surface area contributed by atoms with Crippen molar-refractivity contribution in [1.82, 2.24) is 15.3 Å². The molecule has 0 radical (unpaired) electrons. The number of nitrogens with zero attached hydrogens (tertiary/aromatic N) is 3. The molecule has 2 atom stereocenters. The summed E-state index contributed by atoms with van der Waals surface area (Å²) in [5, 5.41) is 18.5. The number of hydrogen-bond acceptors (Lipinski definition) is 8. The lowest BCUT2D eigenvalue weighted by Gasteiger charge is -2.36. The van der Waals surface area contributed by atoms with Crippen molar-refractivity contribution < 1.29 is 37.9 Å². The molecule has 13 heteroatoms. The molecule has 0 bridgehead atoms. The second kappa shape index (κ2) is 11.3. The number of carbonyl (C=O) groups excluding carboxylic acids is 2. The number of sulfone groups is 1. The van der Waals surface area contributed by atoms with E-state index in [4.69, 9.17) is 9.84 Å². The van der Waals surface area contributed by atoms with Crippen molar-refractivity contribution in [1.29, 1.82) is 0 Å². The molecular weight excluding hydrogens is 504 g/mol. The van der Waals surface area contributed by atoms with Gasteiger partial charge in [-0.1, -0.05) is 13.8 Å². The number of nitrogens with one attached hydrogen (secondary N) is 1. The van der Waals surface area contributed by atoms with Crippen molar-refractivity contribution in [2.24, 2.45) is 16.8 Å². The Morgan fingerprint density at radius 3 is 2.22 bits per heavy atom. The van der Waals surface area contributed by atoms with Gasteiger partial charge in [-0.25, -0.2) is 18.7 Å². The smallest absolute Gasteiger partial charge is 0.407 e. The Morgan fingerprint density at radius 1 is 1.11 bits per heavy atom. The average Bonchev–Trinajstić information content (AvgIpc) is 3.32. The van der Waals surface area contributed by atoms with Gasteiger partial charge in [-0.05, 0) is 48.3 Å². The SMILES string of the molecule is COc1ccc(S(=O)(=O)C2(CCC(=O)N3CCN(C(=O)O)CC3)N=CC=C2C(C(=O)NO)C(C)C)cc1. The van der Waals surface area contributed by atoms with E-state index in [9.17, 15) is 28.0 Å². The fraction of sp³-hybridized carbons (Fsp3) is 0.500. The van der Waals surface area contributed by atoms with Crippen molar-refractivity contribution in [3.05, 3.63) is 35.9 Å². The van der Waals surface area contributed by atoms with Gasteiger partial charge in [-0.15, -0.1) is 0 Å². The molecule has 2 unspecified atom stereocenters. The zero-order chi connectivity index (χ0) is 27.4. The number of aliphatic imine (C=N–C) groups is 1. The van der Waals surface area contributed by atoms with Crippen molar-refractivity contribution >= 4 is 34.0 Å². The number of allylic oxidation sites excluding steroid dienone is 1. The first kappa shape index (κ1) is 28.1. The summed E-state index contributed by atoms with van der Waals surface area (Å²) in [6.07, 6.45) is 1.25. The highest BCUT2D eigenvalue weighted by molar-refractivity contribution is 7.93. The summed E-state index contributed by atoms with van der Waals surface area (Å²) in [6.45, 7) is 4.14. The minimum Gasteiger partial charge on any atom is -0.497 e. The molecule has 1 saturated heterocycles. The van der Waals surface area contributed by atoms with E-state index in [1.165, 1.54) is 53.5 Å². The molecular formula is C24H32N4O8S. The highest BCUT2D eigenvalue weighted by Gasteiger charge is 2.53. The molecule has 0 aromatic heterocycles. The molecule has 2 heterocycles. The van der Waals surface area contributed by atoms with Gasteiger partial charge in [0.1, 0.15) is 5.75 Å². The molecule has 3 amide bonds. The van der Waals surface area contributed by atoms with Crippen LogP contribution in [0, 0.1) is 11.8 Å². The van der Waals surface area contributed by atoms with Crippen LogP contribution in [0.25, 0.3) is 0 Å². The van der Waals surface area contributed by atoms with Gasteiger partial charge >= 0.3 is 6.09 Å².